The lowest BCUT2D eigenvalue weighted by molar-refractivity contribution is -0.146. The third-order valence-electron chi connectivity index (χ3n) is 5.34. The van der Waals surface area contributed by atoms with E-state index in [9.17, 15) is 13.6 Å². The average Bonchev–Trinajstić information content (AvgIpc) is 3.38. The molecular weight excluding hydrogens is 402 g/mol. The molecule has 31 heavy (non-hydrogen) atoms. The van der Waals surface area contributed by atoms with Crippen molar-refractivity contribution in [3.8, 4) is 5.75 Å². The van der Waals surface area contributed by atoms with Gasteiger partial charge in [-0.15, -0.1) is 0 Å². The van der Waals surface area contributed by atoms with Gasteiger partial charge in [0.15, 0.2) is 5.60 Å². The second-order valence-electron chi connectivity index (χ2n) is 8.19. The Kier molecular flexibility index (Phi) is 5.76. The van der Waals surface area contributed by atoms with Gasteiger partial charge in [-0.3, -0.25) is 4.79 Å². The highest BCUT2D eigenvalue weighted by Gasteiger charge is 2.41. The third kappa shape index (κ3) is 4.76. The number of rotatable bonds is 6. The lowest BCUT2D eigenvalue weighted by Crippen LogP contribution is -2.48. The standard InChI is InChI=1S/C24H24F2N2O3/c1-24(2,31-19-10-8-17(25)9-11-19)23(29)28-12-4-7-21(28)22-27-15-20(30-22)14-16-5-3-6-18(26)13-16/h3,5-6,8-11,13,15,21H,4,7,12,14H2,1-2H3/t21-/m0/s1. The van der Waals surface area contributed by atoms with E-state index < -0.39 is 5.60 Å². The lowest BCUT2D eigenvalue weighted by atomic mass is 10.1. The van der Waals surface area contributed by atoms with E-state index >= 15 is 0 Å². The smallest absolute Gasteiger partial charge is 0.266 e. The van der Waals surface area contributed by atoms with Gasteiger partial charge in [0, 0.05) is 13.0 Å². The van der Waals surface area contributed by atoms with Crippen LogP contribution >= 0.6 is 0 Å². The molecule has 0 spiro atoms. The molecule has 0 radical (unpaired) electrons. The Morgan fingerprint density at radius 1 is 1.19 bits per heavy atom. The van der Waals surface area contributed by atoms with Crippen molar-refractivity contribution in [2.75, 3.05) is 6.54 Å². The van der Waals surface area contributed by atoms with Crippen LogP contribution in [0.5, 0.6) is 5.75 Å². The van der Waals surface area contributed by atoms with E-state index in [1.807, 2.05) is 6.07 Å². The fourth-order valence-electron chi connectivity index (χ4n) is 3.86. The van der Waals surface area contributed by atoms with E-state index in [4.69, 9.17) is 9.15 Å². The van der Waals surface area contributed by atoms with Gasteiger partial charge in [0.25, 0.3) is 5.91 Å². The molecule has 1 aromatic heterocycles. The molecule has 1 aliphatic rings. The molecule has 0 unspecified atom stereocenters. The number of nitrogens with zero attached hydrogens (tertiary/aromatic N) is 2. The Balaban J connectivity index is 1.47. The van der Waals surface area contributed by atoms with Gasteiger partial charge in [-0.2, -0.15) is 0 Å². The highest BCUT2D eigenvalue weighted by molar-refractivity contribution is 5.85. The van der Waals surface area contributed by atoms with E-state index in [2.05, 4.69) is 4.98 Å². The van der Waals surface area contributed by atoms with E-state index in [1.165, 1.54) is 36.4 Å². The van der Waals surface area contributed by atoms with Gasteiger partial charge in [-0.1, -0.05) is 12.1 Å². The van der Waals surface area contributed by atoms with Gasteiger partial charge in [0.1, 0.15) is 29.2 Å². The van der Waals surface area contributed by atoms with Crippen molar-refractivity contribution in [3.63, 3.8) is 0 Å². The quantitative estimate of drug-likeness (QED) is 0.553. The number of aromatic nitrogens is 1. The fraction of sp³-hybridized carbons (Fsp3) is 0.333. The monoisotopic (exact) mass is 426 g/mol. The van der Waals surface area contributed by atoms with Crippen molar-refractivity contribution in [1.82, 2.24) is 9.88 Å². The number of carbonyl (C=O) groups excluding carboxylic acids is 1. The fourth-order valence-corrected chi connectivity index (χ4v) is 3.86. The minimum absolute atomic E-state index is 0.191. The topological polar surface area (TPSA) is 55.6 Å². The maximum absolute atomic E-state index is 13.4. The maximum Gasteiger partial charge on any atom is 0.266 e. The molecule has 162 valence electrons. The average molecular weight is 426 g/mol. The van der Waals surface area contributed by atoms with Crippen molar-refractivity contribution in [2.24, 2.45) is 0 Å². The molecule has 1 saturated heterocycles. The normalized spacial score (nSPS) is 16.5. The van der Waals surface area contributed by atoms with E-state index in [1.54, 1.807) is 31.0 Å². The summed E-state index contributed by atoms with van der Waals surface area (Å²) in [5.74, 6) is 0.645. The third-order valence-corrected chi connectivity index (χ3v) is 5.34. The molecular formula is C24H24F2N2O3. The summed E-state index contributed by atoms with van der Waals surface area (Å²) in [5, 5.41) is 0. The SMILES string of the molecule is CC(C)(Oc1ccc(F)cc1)C(=O)N1CCC[C@H]1c1ncc(Cc2cccc(F)c2)o1. The molecule has 2 heterocycles. The van der Waals surface area contributed by atoms with Gasteiger partial charge in [-0.05, 0) is 68.7 Å². The number of carbonyl (C=O) groups is 1. The summed E-state index contributed by atoms with van der Waals surface area (Å²) >= 11 is 0. The number of amides is 1. The number of halogens is 2. The Bertz CT molecular complexity index is 1060. The summed E-state index contributed by atoms with van der Waals surface area (Å²) in [4.78, 5) is 19.4. The molecule has 2 aromatic carbocycles. The second-order valence-corrected chi connectivity index (χ2v) is 8.19. The Hall–Kier alpha value is -3.22. The maximum atomic E-state index is 13.4. The van der Waals surface area contributed by atoms with Crippen LogP contribution < -0.4 is 4.74 Å². The largest absolute Gasteiger partial charge is 0.478 e. The predicted molar refractivity (Wildman–Crippen MR) is 111 cm³/mol. The molecule has 0 N–H and O–H groups in total. The molecule has 3 aromatic rings. The summed E-state index contributed by atoms with van der Waals surface area (Å²) < 4.78 is 38.4. The first-order valence-corrected chi connectivity index (χ1v) is 10.3. The van der Waals surface area contributed by atoms with Crippen molar-refractivity contribution in [1.29, 1.82) is 0 Å². The Labute approximate surface area is 179 Å². The molecule has 7 heteroatoms. The molecule has 1 amide bonds. The van der Waals surface area contributed by atoms with Crippen LogP contribution in [0.2, 0.25) is 0 Å². The highest BCUT2D eigenvalue weighted by atomic mass is 19.1. The van der Waals surface area contributed by atoms with Crippen LogP contribution in [-0.4, -0.2) is 27.9 Å². The highest BCUT2D eigenvalue weighted by Crippen LogP contribution is 2.34. The van der Waals surface area contributed by atoms with Crippen molar-refractivity contribution in [3.05, 3.63) is 83.6 Å². The van der Waals surface area contributed by atoms with Crippen molar-refractivity contribution < 1.29 is 22.7 Å². The van der Waals surface area contributed by atoms with E-state index in [0.717, 1.165) is 18.4 Å². The predicted octanol–water partition coefficient (Wildman–Crippen LogP) is 5.06. The lowest BCUT2D eigenvalue weighted by Gasteiger charge is -2.32. The van der Waals surface area contributed by atoms with Gasteiger partial charge < -0.3 is 14.1 Å². The first-order valence-electron chi connectivity index (χ1n) is 10.3. The van der Waals surface area contributed by atoms with Crippen LogP contribution in [0.1, 0.15) is 49.9 Å². The molecule has 1 fully saturated rings. The minimum Gasteiger partial charge on any atom is -0.478 e. The van der Waals surface area contributed by atoms with Crippen LogP contribution in [0.3, 0.4) is 0 Å². The molecule has 0 saturated carbocycles. The first kappa shape index (κ1) is 21.0. The first-order chi connectivity index (χ1) is 14.8. The second kappa shape index (κ2) is 8.49. The zero-order valence-corrected chi connectivity index (χ0v) is 17.5. The van der Waals surface area contributed by atoms with Crippen LogP contribution in [0.15, 0.2) is 59.1 Å². The van der Waals surface area contributed by atoms with Crippen molar-refractivity contribution >= 4 is 5.91 Å². The zero-order chi connectivity index (χ0) is 22.0. The van der Waals surface area contributed by atoms with Crippen LogP contribution in [-0.2, 0) is 11.2 Å². The minimum atomic E-state index is -1.14. The Morgan fingerprint density at radius 2 is 1.97 bits per heavy atom. The number of hydrogen-bond donors (Lipinski definition) is 0. The van der Waals surface area contributed by atoms with Gasteiger partial charge >= 0.3 is 0 Å². The number of ether oxygens (including phenoxy) is 1. The zero-order valence-electron chi connectivity index (χ0n) is 17.5. The van der Waals surface area contributed by atoms with Crippen LogP contribution in [0, 0.1) is 11.6 Å². The summed E-state index contributed by atoms with van der Waals surface area (Å²) in [5.41, 5.74) is -0.354. The summed E-state index contributed by atoms with van der Waals surface area (Å²) in [6.45, 7) is 3.96. The van der Waals surface area contributed by atoms with Crippen LogP contribution in [0.4, 0.5) is 8.78 Å². The molecule has 0 aliphatic carbocycles. The molecule has 1 atom stereocenters. The molecule has 0 bridgehead atoms. The number of hydrogen-bond acceptors (Lipinski definition) is 4. The van der Waals surface area contributed by atoms with Crippen LogP contribution in [0.25, 0.3) is 0 Å². The van der Waals surface area contributed by atoms with Gasteiger partial charge in [-0.25, -0.2) is 13.8 Å². The number of oxazole rings is 1. The number of benzene rings is 2. The van der Waals surface area contributed by atoms with E-state index in [-0.39, 0.29) is 23.6 Å². The van der Waals surface area contributed by atoms with Gasteiger partial charge in [0.05, 0.1) is 6.20 Å². The van der Waals surface area contributed by atoms with Gasteiger partial charge in [0.2, 0.25) is 5.89 Å². The summed E-state index contributed by atoms with van der Waals surface area (Å²) in [7, 11) is 0. The Morgan fingerprint density at radius 3 is 2.71 bits per heavy atom. The van der Waals surface area contributed by atoms with E-state index in [0.29, 0.717) is 30.4 Å². The molecule has 1 aliphatic heterocycles. The summed E-state index contributed by atoms with van der Waals surface area (Å²) in [6, 6.07) is 11.6. The molecule has 4 rings (SSSR count). The van der Waals surface area contributed by atoms with Crippen molar-refractivity contribution in [2.45, 2.75) is 44.8 Å². The molecule has 5 nitrogen and oxygen atoms in total. The summed E-state index contributed by atoms with van der Waals surface area (Å²) in [6.07, 6.45) is 3.61. The number of likely N-dealkylation sites (tertiary alicyclic amines) is 1.